The van der Waals surface area contributed by atoms with Gasteiger partial charge in [0.15, 0.2) is 0 Å². The van der Waals surface area contributed by atoms with Gasteiger partial charge in [0.05, 0.1) is 17.9 Å². The van der Waals surface area contributed by atoms with E-state index < -0.39 is 0 Å². The molecule has 1 atom stereocenters. The first-order valence-corrected chi connectivity index (χ1v) is 10.3. The van der Waals surface area contributed by atoms with Gasteiger partial charge in [-0.05, 0) is 52.3 Å². The van der Waals surface area contributed by atoms with Crippen molar-refractivity contribution < 1.29 is 9.15 Å². The van der Waals surface area contributed by atoms with Gasteiger partial charge in [0.2, 0.25) is 5.89 Å². The number of piperidine rings is 1. The minimum atomic E-state index is 0.633. The van der Waals surface area contributed by atoms with Crippen molar-refractivity contribution in [1.29, 1.82) is 0 Å². The van der Waals surface area contributed by atoms with Gasteiger partial charge >= 0.3 is 0 Å². The Bertz CT molecular complexity index is 767. The summed E-state index contributed by atoms with van der Waals surface area (Å²) < 4.78 is 11.7. The number of likely N-dealkylation sites (tertiary alicyclic amines) is 2. The molecule has 27 heavy (non-hydrogen) atoms. The lowest BCUT2D eigenvalue weighted by atomic mass is 9.97. The second kappa shape index (κ2) is 8.03. The molecule has 2 aliphatic heterocycles. The number of hydrogen-bond donors (Lipinski definition) is 0. The van der Waals surface area contributed by atoms with Gasteiger partial charge in [-0.3, -0.25) is 9.80 Å². The Labute approximate surface area is 162 Å². The zero-order valence-electron chi connectivity index (χ0n) is 16.8. The second-order valence-corrected chi connectivity index (χ2v) is 7.88. The van der Waals surface area contributed by atoms with Crippen LogP contribution in [0.15, 0.2) is 28.7 Å². The van der Waals surface area contributed by atoms with Gasteiger partial charge in [0.1, 0.15) is 11.5 Å². The Morgan fingerprint density at radius 2 is 2.04 bits per heavy atom. The summed E-state index contributed by atoms with van der Waals surface area (Å²) in [5, 5.41) is 0. The van der Waals surface area contributed by atoms with E-state index in [1.807, 2.05) is 38.1 Å². The number of para-hydroxylation sites is 1. The largest absolute Gasteiger partial charge is 0.493 e. The molecule has 0 spiro atoms. The number of aromatic nitrogens is 1. The van der Waals surface area contributed by atoms with E-state index in [2.05, 4.69) is 16.7 Å². The fourth-order valence-electron chi connectivity index (χ4n) is 4.37. The maximum Gasteiger partial charge on any atom is 0.230 e. The summed E-state index contributed by atoms with van der Waals surface area (Å²) in [6.45, 7) is 11.4. The molecule has 5 nitrogen and oxygen atoms in total. The average molecular weight is 370 g/mol. The van der Waals surface area contributed by atoms with Gasteiger partial charge in [0.25, 0.3) is 0 Å². The molecule has 0 N–H and O–H groups in total. The SMILES string of the molecule is CCOc1ccccc1-c1nc(CN2CC(N3CCCC[C@H]3C)C2)c(C)o1. The van der Waals surface area contributed by atoms with Crippen LogP contribution in [-0.2, 0) is 6.54 Å². The molecule has 0 saturated carbocycles. The van der Waals surface area contributed by atoms with Gasteiger partial charge in [-0.2, -0.15) is 0 Å². The van der Waals surface area contributed by atoms with Gasteiger partial charge in [-0.1, -0.05) is 18.6 Å². The van der Waals surface area contributed by atoms with Crippen LogP contribution in [0.3, 0.4) is 0 Å². The van der Waals surface area contributed by atoms with Crippen LogP contribution in [0.1, 0.15) is 44.6 Å². The standard InChI is InChI=1S/C22H31N3O2/c1-4-26-21-11-6-5-10-19(21)22-23-20(17(3)27-22)15-24-13-18(14-24)25-12-8-7-9-16(25)2/h5-6,10-11,16,18H,4,7-9,12-15H2,1-3H3/t16-/m1/s1. The van der Waals surface area contributed by atoms with Crippen LogP contribution in [-0.4, -0.2) is 53.1 Å². The molecule has 0 aliphatic carbocycles. The highest BCUT2D eigenvalue weighted by Crippen LogP contribution is 2.32. The third-order valence-corrected chi connectivity index (χ3v) is 5.94. The summed E-state index contributed by atoms with van der Waals surface area (Å²) in [4.78, 5) is 9.98. The highest BCUT2D eigenvalue weighted by Gasteiger charge is 2.35. The van der Waals surface area contributed by atoms with E-state index in [0.717, 1.165) is 48.4 Å². The van der Waals surface area contributed by atoms with Gasteiger partial charge in [-0.25, -0.2) is 4.98 Å². The number of aryl methyl sites for hydroxylation is 1. The van der Waals surface area contributed by atoms with Crippen molar-refractivity contribution >= 4 is 0 Å². The van der Waals surface area contributed by atoms with E-state index in [1.54, 1.807) is 0 Å². The van der Waals surface area contributed by atoms with E-state index in [0.29, 0.717) is 18.5 Å². The van der Waals surface area contributed by atoms with Crippen molar-refractivity contribution in [2.24, 2.45) is 0 Å². The zero-order valence-corrected chi connectivity index (χ0v) is 16.8. The molecular formula is C22H31N3O2. The molecule has 0 amide bonds. The summed E-state index contributed by atoms with van der Waals surface area (Å²) in [6.07, 6.45) is 4.09. The van der Waals surface area contributed by atoms with E-state index >= 15 is 0 Å². The lowest BCUT2D eigenvalue weighted by molar-refractivity contribution is -0.00685. The normalized spacial score (nSPS) is 22.0. The number of rotatable bonds is 6. The minimum absolute atomic E-state index is 0.633. The van der Waals surface area contributed by atoms with Crippen molar-refractivity contribution in [3.8, 4) is 17.2 Å². The predicted molar refractivity (Wildman–Crippen MR) is 107 cm³/mol. The fourth-order valence-corrected chi connectivity index (χ4v) is 4.37. The lowest BCUT2D eigenvalue weighted by Crippen LogP contribution is -2.61. The molecule has 0 radical (unpaired) electrons. The molecule has 1 aromatic heterocycles. The first-order chi connectivity index (χ1) is 13.2. The minimum Gasteiger partial charge on any atom is -0.493 e. The van der Waals surface area contributed by atoms with Gasteiger partial charge < -0.3 is 9.15 Å². The number of ether oxygens (including phenoxy) is 1. The van der Waals surface area contributed by atoms with Crippen LogP contribution in [0.5, 0.6) is 5.75 Å². The average Bonchev–Trinajstić information content (AvgIpc) is 3.00. The first kappa shape index (κ1) is 18.5. The Hall–Kier alpha value is -1.85. The van der Waals surface area contributed by atoms with Crippen molar-refractivity contribution in [3.05, 3.63) is 35.7 Å². The van der Waals surface area contributed by atoms with E-state index in [-0.39, 0.29) is 0 Å². The number of hydrogen-bond acceptors (Lipinski definition) is 5. The van der Waals surface area contributed by atoms with Crippen LogP contribution in [0, 0.1) is 6.92 Å². The summed E-state index contributed by atoms with van der Waals surface area (Å²) in [5.74, 6) is 2.40. The van der Waals surface area contributed by atoms with Crippen LogP contribution in [0.2, 0.25) is 0 Å². The van der Waals surface area contributed by atoms with E-state index in [4.69, 9.17) is 14.1 Å². The molecule has 0 unspecified atom stereocenters. The Morgan fingerprint density at radius 1 is 1.22 bits per heavy atom. The molecule has 4 rings (SSSR count). The molecule has 2 fully saturated rings. The molecular weight excluding hydrogens is 338 g/mol. The Kier molecular flexibility index (Phi) is 5.50. The first-order valence-electron chi connectivity index (χ1n) is 10.3. The quantitative estimate of drug-likeness (QED) is 0.767. The van der Waals surface area contributed by atoms with Crippen LogP contribution in [0.25, 0.3) is 11.5 Å². The number of oxazole rings is 1. The lowest BCUT2D eigenvalue weighted by Gasteiger charge is -2.49. The molecule has 2 aliphatic rings. The van der Waals surface area contributed by atoms with E-state index in [9.17, 15) is 0 Å². The van der Waals surface area contributed by atoms with Crippen molar-refractivity contribution in [1.82, 2.24) is 14.8 Å². The molecule has 2 saturated heterocycles. The Morgan fingerprint density at radius 3 is 2.81 bits per heavy atom. The van der Waals surface area contributed by atoms with Crippen molar-refractivity contribution in [2.75, 3.05) is 26.2 Å². The highest BCUT2D eigenvalue weighted by atomic mass is 16.5. The number of nitrogens with zero attached hydrogens (tertiary/aromatic N) is 3. The smallest absolute Gasteiger partial charge is 0.230 e. The molecule has 2 aromatic rings. The second-order valence-electron chi connectivity index (χ2n) is 7.88. The van der Waals surface area contributed by atoms with Crippen LogP contribution >= 0.6 is 0 Å². The third-order valence-electron chi connectivity index (χ3n) is 5.94. The van der Waals surface area contributed by atoms with Crippen molar-refractivity contribution in [3.63, 3.8) is 0 Å². The highest BCUT2D eigenvalue weighted by molar-refractivity contribution is 5.63. The summed E-state index contributed by atoms with van der Waals surface area (Å²) >= 11 is 0. The molecule has 0 bridgehead atoms. The Balaban J connectivity index is 1.40. The molecule has 3 heterocycles. The van der Waals surface area contributed by atoms with Gasteiger partial charge in [0, 0.05) is 31.7 Å². The third kappa shape index (κ3) is 3.90. The van der Waals surface area contributed by atoms with Crippen LogP contribution < -0.4 is 4.74 Å². The summed E-state index contributed by atoms with van der Waals surface area (Å²) in [7, 11) is 0. The monoisotopic (exact) mass is 369 g/mol. The molecule has 5 heteroatoms. The maximum absolute atomic E-state index is 5.99. The fraction of sp³-hybridized carbons (Fsp3) is 0.591. The van der Waals surface area contributed by atoms with E-state index in [1.165, 1.54) is 25.8 Å². The predicted octanol–water partition coefficient (Wildman–Crippen LogP) is 4.11. The maximum atomic E-state index is 5.99. The summed E-state index contributed by atoms with van der Waals surface area (Å²) in [5.41, 5.74) is 1.97. The topological polar surface area (TPSA) is 41.7 Å². The zero-order chi connectivity index (χ0) is 18.8. The van der Waals surface area contributed by atoms with Gasteiger partial charge in [-0.15, -0.1) is 0 Å². The summed E-state index contributed by atoms with van der Waals surface area (Å²) in [6, 6.07) is 9.41. The number of benzene rings is 1. The molecule has 1 aromatic carbocycles. The van der Waals surface area contributed by atoms with Crippen molar-refractivity contribution in [2.45, 2.75) is 58.7 Å². The molecule has 146 valence electrons. The van der Waals surface area contributed by atoms with Crippen LogP contribution in [0.4, 0.5) is 0 Å².